The average Bonchev–Trinajstić information content (AvgIpc) is 3.20. The summed E-state index contributed by atoms with van der Waals surface area (Å²) in [6.07, 6.45) is 1.60. The number of aromatic nitrogens is 2. The van der Waals surface area contributed by atoms with Crippen molar-refractivity contribution in [3.8, 4) is 5.75 Å². The third-order valence-electron chi connectivity index (χ3n) is 4.46. The van der Waals surface area contributed by atoms with E-state index in [-0.39, 0.29) is 10.8 Å². The Bertz CT molecular complexity index is 1110. The Morgan fingerprint density at radius 1 is 1.14 bits per heavy atom. The van der Waals surface area contributed by atoms with Crippen LogP contribution in [0.1, 0.15) is 17.3 Å². The molecule has 0 saturated carbocycles. The van der Waals surface area contributed by atoms with E-state index in [4.69, 9.17) is 4.74 Å². The molecule has 0 bridgehead atoms. The van der Waals surface area contributed by atoms with Gasteiger partial charge in [0.15, 0.2) is 0 Å². The molecule has 1 heterocycles. The molecule has 3 rings (SSSR count). The van der Waals surface area contributed by atoms with Gasteiger partial charge in [-0.15, -0.1) is 0 Å². The number of methoxy groups -OCH3 is 1. The summed E-state index contributed by atoms with van der Waals surface area (Å²) in [7, 11) is -0.879. The van der Waals surface area contributed by atoms with Crippen molar-refractivity contribution >= 4 is 27.4 Å². The lowest BCUT2D eigenvalue weighted by molar-refractivity contribution is 0.102. The molecular weight excluding hydrogens is 392 g/mol. The average molecular weight is 414 g/mol. The normalized spacial score (nSPS) is 11.1. The molecule has 29 heavy (non-hydrogen) atoms. The molecule has 2 aromatic carbocycles. The molecule has 0 unspecified atom stereocenters. The first kappa shape index (κ1) is 20.4. The van der Waals surface area contributed by atoms with E-state index >= 15 is 0 Å². The van der Waals surface area contributed by atoms with Gasteiger partial charge < -0.3 is 10.1 Å². The fourth-order valence-corrected chi connectivity index (χ4v) is 4.04. The molecule has 0 aliphatic rings. The lowest BCUT2D eigenvalue weighted by atomic mass is 10.2. The van der Waals surface area contributed by atoms with Crippen molar-refractivity contribution in [2.24, 2.45) is 0 Å². The van der Waals surface area contributed by atoms with E-state index in [1.807, 2.05) is 6.92 Å². The van der Waals surface area contributed by atoms with E-state index in [1.54, 1.807) is 41.2 Å². The van der Waals surface area contributed by atoms with Gasteiger partial charge in [0.05, 0.1) is 23.9 Å². The summed E-state index contributed by atoms with van der Waals surface area (Å²) in [5.74, 6) is 0.675. The van der Waals surface area contributed by atoms with Crippen molar-refractivity contribution in [2.75, 3.05) is 23.8 Å². The Hall–Kier alpha value is -3.33. The molecule has 0 radical (unpaired) electrons. The number of hydrogen-bond acceptors (Lipinski definition) is 5. The second-order valence-corrected chi connectivity index (χ2v) is 8.12. The number of rotatable bonds is 7. The van der Waals surface area contributed by atoms with Gasteiger partial charge in [-0.25, -0.2) is 13.1 Å². The SMILES string of the molecule is CCn1nccc1NC(=O)c1ccc(S(=O)(=O)N(C)c2ccccc2OC)cc1. The maximum absolute atomic E-state index is 13.0. The quantitative estimate of drug-likeness (QED) is 0.641. The molecule has 0 aliphatic carbocycles. The first-order valence-electron chi connectivity index (χ1n) is 8.93. The number of nitrogens with one attached hydrogen (secondary N) is 1. The Balaban J connectivity index is 1.82. The summed E-state index contributed by atoms with van der Waals surface area (Å²) in [4.78, 5) is 12.5. The van der Waals surface area contributed by atoms with Crippen molar-refractivity contribution in [2.45, 2.75) is 18.4 Å². The van der Waals surface area contributed by atoms with E-state index in [9.17, 15) is 13.2 Å². The summed E-state index contributed by atoms with van der Waals surface area (Å²) >= 11 is 0. The predicted octanol–water partition coefficient (Wildman–Crippen LogP) is 2.99. The Morgan fingerprint density at radius 3 is 2.48 bits per heavy atom. The molecule has 3 aromatic rings. The maximum Gasteiger partial charge on any atom is 0.264 e. The minimum absolute atomic E-state index is 0.0704. The zero-order valence-electron chi connectivity index (χ0n) is 16.4. The number of hydrogen-bond donors (Lipinski definition) is 1. The smallest absolute Gasteiger partial charge is 0.264 e. The van der Waals surface area contributed by atoms with E-state index in [1.165, 1.54) is 38.4 Å². The Kier molecular flexibility index (Phi) is 5.88. The Labute approximate surface area is 169 Å². The highest BCUT2D eigenvalue weighted by Gasteiger charge is 2.24. The van der Waals surface area contributed by atoms with Gasteiger partial charge in [-0.3, -0.25) is 9.10 Å². The molecule has 0 spiro atoms. The highest BCUT2D eigenvalue weighted by atomic mass is 32.2. The predicted molar refractivity (Wildman–Crippen MR) is 111 cm³/mol. The van der Waals surface area contributed by atoms with Crippen LogP contribution >= 0.6 is 0 Å². The third-order valence-corrected chi connectivity index (χ3v) is 6.24. The van der Waals surface area contributed by atoms with Crippen molar-refractivity contribution in [3.63, 3.8) is 0 Å². The topological polar surface area (TPSA) is 93.5 Å². The number of ether oxygens (including phenoxy) is 1. The molecular formula is C20H22N4O4S. The van der Waals surface area contributed by atoms with Gasteiger partial charge >= 0.3 is 0 Å². The number of anilines is 2. The monoisotopic (exact) mass is 414 g/mol. The van der Waals surface area contributed by atoms with Crippen LogP contribution in [0.4, 0.5) is 11.5 Å². The molecule has 1 N–H and O–H groups in total. The molecule has 8 nitrogen and oxygen atoms in total. The third kappa shape index (κ3) is 4.09. The molecule has 0 saturated heterocycles. The maximum atomic E-state index is 13.0. The van der Waals surface area contributed by atoms with Gasteiger partial charge in [0, 0.05) is 25.2 Å². The zero-order chi connectivity index (χ0) is 21.0. The number of amides is 1. The van der Waals surface area contributed by atoms with E-state index in [0.29, 0.717) is 29.4 Å². The van der Waals surface area contributed by atoms with E-state index in [2.05, 4.69) is 10.4 Å². The highest BCUT2D eigenvalue weighted by Crippen LogP contribution is 2.30. The summed E-state index contributed by atoms with van der Waals surface area (Å²) in [6, 6.07) is 14.3. The minimum Gasteiger partial charge on any atom is -0.495 e. The lowest BCUT2D eigenvalue weighted by Gasteiger charge is -2.21. The van der Waals surface area contributed by atoms with Crippen LogP contribution in [0.5, 0.6) is 5.75 Å². The van der Waals surface area contributed by atoms with E-state index in [0.717, 1.165) is 4.31 Å². The second kappa shape index (κ2) is 8.36. The molecule has 0 atom stereocenters. The van der Waals surface area contributed by atoms with Crippen molar-refractivity contribution in [1.29, 1.82) is 0 Å². The van der Waals surface area contributed by atoms with Crippen LogP contribution in [0, 0.1) is 0 Å². The zero-order valence-corrected chi connectivity index (χ0v) is 17.2. The van der Waals surface area contributed by atoms with Gasteiger partial charge in [0.1, 0.15) is 11.6 Å². The van der Waals surface area contributed by atoms with Crippen LogP contribution in [-0.4, -0.2) is 38.3 Å². The van der Waals surface area contributed by atoms with Crippen LogP contribution in [0.25, 0.3) is 0 Å². The minimum atomic E-state index is -3.82. The number of benzene rings is 2. The number of carbonyl (C=O) groups excluding carboxylic acids is 1. The van der Waals surface area contributed by atoms with Crippen LogP contribution in [-0.2, 0) is 16.6 Å². The molecule has 152 valence electrons. The number of para-hydroxylation sites is 2. The molecule has 0 aliphatic heterocycles. The first-order valence-corrected chi connectivity index (χ1v) is 10.4. The van der Waals surface area contributed by atoms with E-state index < -0.39 is 10.0 Å². The van der Waals surface area contributed by atoms with Crippen LogP contribution in [0.2, 0.25) is 0 Å². The van der Waals surface area contributed by atoms with Gasteiger partial charge in [-0.05, 0) is 43.3 Å². The van der Waals surface area contributed by atoms with Gasteiger partial charge in [-0.2, -0.15) is 5.10 Å². The summed E-state index contributed by atoms with van der Waals surface area (Å²) < 4.78 is 34.0. The summed E-state index contributed by atoms with van der Waals surface area (Å²) in [5.41, 5.74) is 0.761. The Morgan fingerprint density at radius 2 is 1.83 bits per heavy atom. The van der Waals surface area contributed by atoms with Gasteiger partial charge in [-0.1, -0.05) is 12.1 Å². The number of aryl methyl sites for hydroxylation is 1. The first-order chi connectivity index (χ1) is 13.9. The lowest BCUT2D eigenvalue weighted by Crippen LogP contribution is -2.27. The fourth-order valence-electron chi connectivity index (χ4n) is 2.84. The van der Waals surface area contributed by atoms with Crippen molar-refractivity contribution in [3.05, 3.63) is 66.4 Å². The number of sulfonamides is 1. The molecule has 9 heteroatoms. The van der Waals surface area contributed by atoms with Crippen molar-refractivity contribution < 1.29 is 17.9 Å². The summed E-state index contributed by atoms with van der Waals surface area (Å²) in [5, 5.41) is 6.86. The van der Waals surface area contributed by atoms with Crippen LogP contribution in [0.3, 0.4) is 0 Å². The fraction of sp³-hybridized carbons (Fsp3) is 0.200. The standard InChI is InChI=1S/C20H22N4O4S/c1-4-24-19(13-14-21-24)22-20(25)15-9-11-16(12-10-15)29(26,27)23(2)17-7-5-6-8-18(17)28-3/h5-14H,4H2,1-3H3,(H,22,25). The molecule has 1 amide bonds. The second-order valence-electron chi connectivity index (χ2n) is 6.16. The largest absolute Gasteiger partial charge is 0.495 e. The highest BCUT2D eigenvalue weighted by molar-refractivity contribution is 7.92. The van der Waals surface area contributed by atoms with Gasteiger partial charge in [0.2, 0.25) is 0 Å². The molecule has 1 aromatic heterocycles. The van der Waals surface area contributed by atoms with Crippen LogP contribution < -0.4 is 14.4 Å². The van der Waals surface area contributed by atoms with Crippen LogP contribution in [0.15, 0.2) is 65.7 Å². The number of nitrogens with zero attached hydrogens (tertiary/aromatic N) is 3. The van der Waals surface area contributed by atoms with Crippen molar-refractivity contribution in [1.82, 2.24) is 9.78 Å². The van der Waals surface area contributed by atoms with Gasteiger partial charge in [0.25, 0.3) is 15.9 Å². The summed E-state index contributed by atoms with van der Waals surface area (Å²) in [6.45, 7) is 2.54. The molecule has 0 fully saturated rings. The number of carbonyl (C=O) groups is 1.